The molecule has 5 nitrogen and oxygen atoms in total. The van der Waals surface area contributed by atoms with Crippen molar-refractivity contribution in [3.63, 3.8) is 0 Å². The maximum Gasteiger partial charge on any atom is 0.131 e. The monoisotopic (exact) mass is 208 g/mol. The highest BCUT2D eigenvalue weighted by Gasteiger charge is 2.35. The van der Waals surface area contributed by atoms with E-state index in [1.54, 1.807) is 7.11 Å². The van der Waals surface area contributed by atoms with Gasteiger partial charge in [-0.2, -0.15) is 0 Å². The number of methoxy groups -OCH3 is 1. The van der Waals surface area contributed by atoms with E-state index in [0.717, 1.165) is 11.4 Å². The van der Waals surface area contributed by atoms with Crippen LogP contribution in [-0.4, -0.2) is 31.6 Å². The molecule has 0 spiro atoms. The molecule has 1 atom stereocenters. The first kappa shape index (κ1) is 10.2. The molecule has 0 saturated carbocycles. The Morgan fingerprint density at radius 1 is 1.67 bits per heavy atom. The molecule has 2 aliphatic heterocycles. The molecule has 1 unspecified atom stereocenters. The highest BCUT2D eigenvalue weighted by molar-refractivity contribution is 6.04. The highest BCUT2D eigenvalue weighted by Crippen LogP contribution is 2.27. The maximum absolute atomic E-state index is 6.30. The second kappa shape index (κ2) is 3.67. The minimum absolute atomic E-state index is 0.541. The van der Waals surface area contributed by atoms with Gasteiger partial charge in [0.05, 0.1) is 17.9 Å². The van der Waals surface area contributed by atoms with Gasteiger partial charge >= 0.3 is 0 Å². The summed E-state index contributed by atoms with van der Waals surface area (Å²) in [6.07, 6.45) is 4.57. The van der Waals surface area contributed by atoms with E-state index in [9.17, 15) is 0 Å². The van der Waals surface area contributed by atoms with Gasteiger partial charge < -0.3 is 21.5 Å². The molecule has 2 heterocycles. The van der Waals surface area contributed by atoms with Crippen LogP contribution in [0.5, 0.6) is 0 Å². The standard InChI is InChI=1S/C10H16N4O/c1-15-5-3-10(12)6-8(11)14-9-7(10)2-4-13-9/h2,6H,3-5,11-12H2,1H3,(H,13,14). The van der Waals surface area contributed by atoms with Crippen molar-refractivity contribution in [1.29, 1.82) is 0 Å². The first-order valence-corrected chi connectivity index (χ1v) is 4.94. The van der Waals surface area contributed by atoms with Crippen molar-refractivity contribution in [3.05, 3.63) is 23.5 Å². The number of amidine groups is 1. The zero-order chi connectivity index (χ0) is 10.9. The average molecular weight is 208 g/mol. The number of rotatable bonds is 3. The van der Waals surface area contributed by atoms with Crippen LogP contribution in [0.25, 0.3) is 0 Å². The van der Waals surface area contributed by atoms with Crippen LogP contribution in [0.15, 0.2) is 28.5 Å². The van der Waals surface area contributed by atoms with Gasteiger partial charge in [-0.05, 0) is 12.5 Å². The third-order valence-electron chi connectivity index (χ3n) is 2.70. The molecule has 0 radical (unpaired) electrons. The highest BCUT2D eigenvalue weighted by atomic mass is 16.5. The third-order valence-corrected chi connectivity index (χ3v) is 2.70. The fourth-order valence-electron chi connectivity index (χ4n) is 1.93. The summed E-state index contributed by atoms with van der Waals surface area (Å²) in [5.74, 6) is 1.36. The predicted octanol–water partition coefficient (Wildman–Crippen LogP) is -0.538. The van der Waals surface area contributed by atoms with Crippen molar-refractivity contribution < 1.29 is 4.74 Å². The van der Waals surface area contributed by atoms with E-state index in [1.807, 2.05) is 12.2 Å². The number of ether oxygens (including phenoxy) is 1. The summed E-state index contributed by atoms with van der Waals surface area (Å²) in [7, 11) is 1.66. The van der Waals surface area contributed by atoms with E-state index in [0.29, 0.717) is 25.4 Å². The molecule has 0 aliphatic carbocycles. The fraction of sp³-hybridized carbons (Fsp3) is 0.500. The molecule has 15 heavy (non-hydrogen) atoms. The molecule has 0 saturated heterocycles. The molecule has 2 aliphatic rings. The van der Waals surface area contributed by atoms with Gasteiger partial charge in [-0.15, -0.1) is 0 Å². The van der Waals surface area contributed by atoms with Crippen LogP contribution in [0.4, 0.5) is 0 Å². The maximum atomic E-state index is 6.30. The quantitative estimate of drug-likeness (QED) is 0.581. The lowest BCUT2D eigenvalue weighted by atomic mass is 9.84. The Labute approximate surface area is 88.9 Å². The van der Waals surface area contributed by atoms with Gasteiger partial charge in [0.2, 0.25) is 0 Å². The van der Waals surface area contributed by atoms with Gasteiger partial charge in [0.15, 0.2) is 0 Å². The van der Waals surface area contributed by atoms with Crippen LogP contribution in [0.2, 0.25) is 0 Å². The summed E-state index contributed by atoms with van der Waals surface area (Å²) in [5.41, 5.74) is 12.5. The summed E-state index contributed by atoms with van der Waals surface area (Å²) < 4.78 is 5.06. The van der Waals surface area contributed by atoms with Gasteiger partial charge in [-0.1, -0.05) is 6.08 Å². The van der Waals surface area contributed by atoms with Crippen molar-refractivity contribution in [2.75, 3.05) is 20.3 Å². The minimum Gasteiger partial charge on any atom is -0.385 e. The van der Waals surface area contributed by atoms with E-state index < -0.39 is 5.54 Å². The SMILES string of the molecule is COCCC1(N)C=C(N)NC2=NCC=C21. The Bertz CT molecular complexity index is 358. The largest absolute Gasteiger partial charge is 0.385 e. The van der Waals surface area contributed by atoms with Gasteiger partial charge in [-0.25, -0.2) is 0 Å². The molecule has 5 N–H and O–H groups in total. The zero-order valence-corrected chi connectivity index (χ0v) is 8.79. The van der Waals surface area contributed by atoms with Crippen LogP contribution in [0.1, 0.15) is 6.42 Å². The van der Waals surface area contributed by atoms with E-state index in [-0.39, 0.29) is 0 Å². The van der Waals surface area contributed by atoms with Gasteiger partial charge in [-0.3, -0.25) is 4.99 Å². The Morgan fingerprint density at radius 2 is 2.47 bits per heavy atom. The molecule has 0 aromatic heterocycles. The lowest BCUT2D eigenvalue weighted by Gasteiger charge is -2.33. The smallest absolute Gasteiger partial charge is 0.131 e. The first-order chi connectivity index (χ1) is 7.15. The van der Waals surface area contributed by atoms with Gasteiger partial charge in [0, 0.05) is 19.3 Å². The number of fused-ring (bicyclic) bond motifs is 1. The van der Waals surface area contributed by atoms with Crippen molar-refractivity contribution in [1.82, 2.24) is 5.32 Å². The van der Waals surface area contributed by atoms with Crippen molar-refractivity contribution in [2.24, 2.45) is 16.5 Å². The van der Waals surface area contributed by atoms with Crippen LogP contribution in [0.3, 0.4) is 0 Å². The summed E-state index contributed by atoms with van der Waals surface area (Å²) in [4.78, 5) is 4.28. The Kier molecular flexibility index (Phi) is 2.50. The molecular weight excluding hydrogens is 192 g/mol. The number of hydrogen-bond donors (Lipinski definition) is 3. The number of aliphatic imine (C=N–C) groups is 1. The topological polar surface area (TPSA) is 85.7 Å². The van der Waals surface area contributed by atoms with Crippen LogP contribution < -0.4 is 16.8 Å². The number of nitrogens with zero attached hydrogens (tertiary/aromatic N) is 1. The molecule has 5 heteroatoms. The van der Waals surface area contributed by atoms with Crippen molar-refractivity contribution >= 4 is 5.84 Å². The number of hydrogen-bond acceptors (Lipinski definition) is 5. The zero-order valence-electron chi connectivity index (χ0n) is 8.79. The molecule has 0 bridgehead atoms. The number of nitrogens with one attached hydrogen (secondary N) is 1. The van der Waals surface area contributed by atoms with Crippen molar-refractivity contribution in [2.45, 2.75) is 12.0 Å². The average Bonchev–Trinajstić information content (AvgIpc) is 2.63. The summed E-state index contributed by atoms with van der Waals surface area (Å²) in [5, 5.41) is 3.01. The van der Waals surface area contributed by atoms with Crippen LogP contribution >= 0.6 is 0 Å². The molecule has 0 amide bonds. The molecule has 82 valence electrons. The summed E-state index contributed by atoms with van der Waals surface area (Å²) in [6, 6.07) is 0. The van der Waals surface area contributed by atoms with Crippen LogP contribution in [-0.2, 0) is 4.74 Å². The van der Waals surface area contributed by atoms with E-state index in [4.69, 9.17) is 16.2 Å². The second-order valence-electron chi connectivity index (χ2n) is 3.81. The molecule has 2 rings (SSSR count). The first-order valence-electron chi connectivity index (χ1n) is 4.94. The van der Waals surface area contributed by atoms with Crippen LogP contribution in [0, 0.1) is 0 Å². The molecule has 0 fully saturated rings. The van der Waals surface area contributed by atoms with E-state index in [2.05, 4.69) is 10.3 Å². The molecular formula is C10H16N4O. The summed E-state index contributed by atoms with van der Waals surface area (Å²) >= 11 is 0. The second-order valence-corrected chi connectivity index (χ2v) is 3.81. The Balaban J connectivity index is 2.28. The minimum atomic E-state index is -0.541. The Hall–Kier alpha value is -1.33. The number of nitrogens with two attached hydrogens (primary N) is 2. The van der Waals surface area contributed by atoms with E-state index in [1.165, 1.54) is 0 Å². The third kappa shape index (κ3) is 1.75. The van der Waals surface area contributed by atoms with Gasteiger partial charge in [0.25, 0.3) is 0 Å². The van der Waals surface area contributed by atoms with E-state index >= 15 is 0 Å². The fourth-order valence-corrected chi connectivity index (χ4v) is 1.93. The molecule has 0 aromatic carbocycles. The Morgan fingerprint density at radius 3 is 3.20 bits per heavy atom. The normalized spacial score (nSPS) is 28.8. The van der Waals surface area contributed by atoms with Crippen molar-refractivity contribution in [3.8, 4) is 0 Å². The lowest BCUT2D eigenvalue weighted by molar-refractivity contribution is 0.183. The molecule has 0 aromatic rings. The van der Waals surface area contributed by atoms with Gasteiger partial charge in [0.1, 0.15) is 5.84 Å². The predicted molar refractivity (Wildman–Crippen MR) is 59.2 cm³/mol. The lowest BCUT2D eigenvalue weighted by Crippen LogP contribution is -2.51. The summed E-state index contributed by atoms with van der Waals surface area (Å²) in [6.45, 7) is 1.27.